The Morgan fingerprint density at radius 2 is 2.25 bits per heavy atom. The third-order valence-electron chi connectivity index (χ3n) is 0.889. The summed E-state index contributed by atoms with van der Waals surface area (Å²) in [6.07, 6.45) is 6.61. The van der Waals surface area contributed by atoms with E-state index < -0.39 is 0 Å². The number of hydrogen-bond donors (Lipinski definition) is 1. The van der Waals surface area contributed by atoms with E-state index >= 15 is 0 Å². The molecule has 42 valence electrons. The Morgan fingerprint density at radius 1 is 1.50 bits per heavy atom. The zero-order valence-corrected chi connectivity index (χ0v) is 5.72. The van der Waals surface area contributed by atoms with E-state index in [9.17, 15) is 0 Å². The third-order valence-corrected chi connectivity index (χ3v) is 1.38. The molecule has 0 fully saturated rings. The predicted molar refractivity (Wildman–Crippen MR) is 36.9 cm³/mol. The van der Waals surface area contributed by atoms with Gasteiger partial charge in [-0.3, -0.25) is 0 Å². The van der Waals surface area contributed by atoms with Gasteiger partial charge in [0.1, 0.15) is 0 Å². The molecule has 0 saturated carbocycles. The van der Waals surface area contributed by atoms with Crippen LogP contribution >= 0.6 is 15.9 Å². The van der Waals surface area contributed by atoms with Crippen molar-refractivity contribution in [3.8, 4) is 0 Å². The molecule has 0 atom stereocenters. The van der Waals surface area contributed by atoms with Gasteiger partial charge in [0, 0.05) is 10.1 Å². The fraction of sp³-hybridized carbons (Fsp3) is 0. The highest BCUT2D eigenvalue weighted by molar-refractivity contribution is 9.11. The van der Waals surface area contributed by atoms with Crippen LogP contribution in [-0.2, 0) is 0 Å². The Bertz CT molecular complexity index is 177. The van der Waals surface area contributed by atoms with Gasteiger partial charge in [0.05, 0.1) is 6.26 Å². The molecule has 0 aromatic carbocycles. The molecular formula is C6H5BrO. The maximum absolute atomic E-state index is 8.41. The van der Waals surface area contributed by atoms with Crippen LogP contribution < -0.4 is 0 Å². The highest BCUT2D eigenvalue weighted by atomic mass is 79.9. The Balaban J connectivity index is 2.84. The summed E-state index contributed by atoms with van der Waals surface area (Å²) in [5.74, 6) is 0. The van der Waals surface area contributed by atoms with Crippen LogP contribution in [0.2, 0.25) is 0 Å². The average Bonchev–Trinajstić information content (AvgIpc) is 2.14. The van der Waals surface area contributed by atoms with Crippen LogP contribution in [0.25, 0.3) is 0 Å². The second-order valence-corrected chi connectivity index (χ2v) is 2.41. The molecule has 0 saturated heterocycles. The highest BCUT2D eigenvalue weighted by Gasteiger charge is 1.95. The minimum absolute atomic E-state index is 0.830. The summed E-state index contributed by atoms with van der Waals surface area (Å²) in [6, 6.07) is 0. The normalized spacial score (nSPS) is 22.1. The number of aliphatic hydroxyl groups excluding tert-OH is 1. The lowest BCUT2D eigenvalue weighted by atomic mass is 10.3. The van der Waals surface area contributed by atoms with Crippen molar-refractivity contribution in [1.29, 1.82) is 0 Å². The molecule has 1 aliphatic carbocycles. The van der Waals surface area contributed by atoms with Gasteiger partial charge in [-0.15, -0.1) is 0 Å². The first-order chi connectivity index (χ1) is 3.83. The van der Waals surface area contributed by atoms with Gasteiger partial charge in [0.2, 0.25) is 0 Å². The molecule has 0 aliphatic heterocycles. The van der Waals surface area contributed by atoms with E-state index in [1.165, 1.54) is 0 Å². The SMILES string of the molecule is O/C=C1/C=CC(Br)=C1. The van der Waals surface area contributed by atoms with Crippen molar-refractivity contribution in [2.45, 2.75) is 0 Å². The molecular weight excluding hydrogens is 168 g/mol. The number of aliphatic hydroxyl groups is 1. The van der Waals surface area contributed by atoms with Gasteiger partial charge in [0.25, 0.3) is 0 Å². The number of allylic oxidation sites excluding steroid dienone is 5. The van der Waals surface area contributed by atoms with Gasteiger partial charge in [-0.1, -0.05) is 22.0 Å². The van der Waals surface area contributed by atoms with Gasteiger partial charge in [-0.05, 0) is 12.2 Å². The van der Waals surface area contributed by atoms with Crippen molar-refractivity contribution in [2.75, 3.05) is 0 Å². The van der Waals surface area contributed by atoms with Gasteiger partial charge < -0.3 is 5.11 Å². The van der Waals surface area contributed by atoms with Gasteiger partial charge >= 0.3 is 0 Å². The Morgan fingerprint density at radius 3 is 2.50 bits per heavy atom. The van der Waals surface area contributed by atoms with E-state index in [1.54, 1.807) is 0 Å². The van der Waals surface area contributed by atoms with Crippen LogP contribution in [0.3, 0.4) is 0 Å². The number of halogens is 1. The summed E-state index contributed by atoms with van der Waals surface area (Å²) >= 11 is 3.24. The lowest BCUT2D eigenvalue weighted by molar-refractivity contribution is 0.471. The smallest absolute Gasteiger partial charge is 0.0864 e. The lowest BCUT2D eigenvalue weighted by Crippen LogP contribution is -1.61. The Hall–Kier alpha value is -0.500. The predicted octanol–water partition coefficient (Wildman–Crippen LogP) is 2.28. The lowest BCUT2D eigenvalue weighted by Gasteiger charge is -1.78. The van der Waals surface area contributed by atoms with Crippen molar-refractivity contribution < 1.29 is 5.11 Å². The van der Waals surface area contributed by atoms with Crippen LogP contribution in [-0.4, -0.2) is 5.11 Å². The van der Waals surface area contributed by atoms with Crippen molar-refractivity contribution in [3.63, 3.8) is 0 Å². The fourth-order valence-electron chi connectivity index (χ4n) is 0.512. The first kappa shape index (κ1) is 5.63. The molecule has 1 rings (SSSR count). The minimum atomic E-state index is 0.830. The standard InChI is InChI=1S/C6H5BrO/c7-6-2-1-5(3-6)4-8/h1-4,8H/b5-4-. The van der Waals surface area contributed by atoms with E-state index in [4.69, 9.17) is 5.11 Å². The van der Waals surface area contributed by atoms with Crippen LogP contribution in [0.15, 0.2) is 34.5 Å². The van der Waals surface area contributed by atoms with Gasteiger partial charge in [0.15, 0.2) is 0 Å². The molecule has 0 aromatic rings. The molecule has 0 aromatic heterocycles. The molecule has 0 radical (unpaired) electrons. The quantitative estimate of drug-likeness (QED) is 0.557. The summed E-state index contributed by atoms with van der Waals surface area (Å²) in [5, 5.41) is 8.41. The van der Waals surface area contributed by atoms with Crippen LogP contribution in [0.5, 0.6) is 0 Å². The zero-order valence-electron chi connectivity index (χ0n) is 4.13. The second-order valence-electron chi connectivity index (χ2n) is 1.49. The zero-order chi connectivity index (χ0) is 5.98. The molecule has 1 aliphatic rings. The topological polar surface area (TPSA) is 20.2 Å². The first-order valence-electron chi connectivity index (χ1n) is 2.22. The molecule has 0 spiro atoms. The molecule has 0 heterocycles. The summed E-state index contributed by atoms with van der Waals surface area (Å²) in [4.78, 5) is 0. The molecule has 0 unspecified atom stereocenters. The van der Waals surface area contributed by atoms with Crippen molar-refractivity contribution in [1.82, 2.24) is 0 Å². The van der Waals surface area contributed by atoms with Crippen molar-refractivity contribution in [2.24, 2.45) is 0 Å². The van der Waals surface area contributed by atoms with E-state index in [0.717, 1.165) is 16.3 Å². The van der Waals surface area contributed by atoms with E-state index in [-0.39, 0.29) is 0 Å². The molecule has 2 heteroatoms. The van der Waals surface area contributed by atoms with E-state index in [2.05, 4.69) is 15.9 Å². The summed E-state index contributed by atoms with van der Waals surface area (Å²) in [6.45, 7) is 0. The Kier molecular flexibility index (Phi) is 1.53. The molecule has 1 nitrogen and oxygen atoms in total. The largest absolute Gasteiger partial charge is 0.515 e. The summed E-state index contributed by atoms with van der Waals surface area (Å²) < 4.78 is 0.998. The fourth-order valence-corrected chi connectivity index (χ4v) is 0.908. The molecule has 0 bridgehead atoms. The van der Waals surface area contributed by atoms with Crippen LogP contribution in [0.1, 0.15) is 0 Å². The third kappa shape index (κ3) is 1.01. The van der Waals surface area contributed by atoms with Gasteiger partial charge in [-0.25, -0.2) is 0 Å². The van der Waals surface area contributed by atoms with Crippen LogP contribution in [0.4, 0.5) is 0 Å². The first-order valence-corrected chi connectivity index (χ1v) is 3.02. The molecule has 1 N–H and O–H groups in total. The second kappa shape index (κ2) is 2.18. The number of rotatable bonds is 0. The maximum Gasteiger partial charge on any atom is 0.0864 e. The maximum atomic E-state index is 8.41. The van der Waals surface area contributed by atoms with E-state index in [1.807, 2.05) is 18.2 Å². The summed E-state index contributed by atoms with van der Waals surface area (Å²) in [5.41, 5.74) is 0.830. The summed E-state index contributed by atoms with van der Waals surface area (Å²) in [7, 11) is 0. The van der Waals surface area contributed by atoms with Crippen LogP contribution in [0, 0.1) is 0 Å². The average molecular weight is 173 g/mol. The molecule has 8 heavy (non-hydrogen) atoms. The van der Waals surface area contributed by atoms with Gasteiger partial charge in [-0.2, -0.15) is 0 Å². The van der Waals surface area contributed by atoms with E-state index in [0.29, 0.717) is 0 Å². The molecule has 0 amide bonds. The Labute approximate surface area is 56.2 Å². The van der Waals surface area contributed by atoms with Crippen molar-refractivity contribution >= 4 is 15.9 Å². The monoisotopic (exact) mass is 172 g/mol. The van der Waals surface area contributed by atoms with Crippen molar-refractivity contribution in [3.05, 3.63) is 34.5 Å². The highest BCUT2D eigenvalue weighted by Crippen LogP contribution is 2.18. The minimum Gasteiger partial charge on any atom is -0.515 e. The number of hydrogen-bond acceptors (Lipinski definition) is 1.